The number of nitrogens with one attached hydrogen (secondary N) is 1. The van der Waals surface area contributed by atoms with E-state index in [1.165, 1.54) is 0 Å². The van der Waals surface area contributed by atoms with Crippen molar-refractivity contribution in [3.63, 3.8) is 0 Å². The van der Waals surface area contributed by atoms with Crippen LogP contribution < -0.4 is 15.7 Å². The predicted molar refractivity (Wildman–Crippen MR) is 118 cm³/mol. The molecule has 0 saturated carbocycles. The molecule has 0 bridgehead atoms. The van der Waals surface area contributed by atoms with Crippen molar-refractivity contribution in [1.82, 2.24) is 5.32 Å². The van der Waals surface area contributed by atoms with Crippen molar-refractivity contribution < 1.29 is 19.1 Å². The molecule has 0 fully saturated rings. The molecule has 1 atom stereocenters. The molecule has 1 aliphatic rings. The number of aliphatic hydroxyl groups is 1. The second-order valence-electron chi connectivity index (χ2n) is 8.72. The van der Waals surface area contributed by atoms with Gasteiger partial charge in [0.05, 0.1) is 18.1 Å². The normalized spacial score (nSPS) is 15.7. The SMILES string of the molecule is Cc1c(CC(=O)NCC(O)c2ccccc2)c(=O)oc2cc3c(cc12)CCC(C)(C)O3. The number of amides is 1. The number of hydrogen-bond donors (Lipinski definition) is 2. The topological polar surface area (TPSA) is 88.8 Å². The maximum absolute atomic E-state index is 12.6. The summed E-state index contributed by atoms with van der Waals surface area (Å²) in [6, 6.07) is 12.9. The first-order chi connectivity index (χ1) is 14.7. The number of aryl methyl sites for hydroxylation is 2. The fourth-order valence-electron chi connectivity index (χ4n) is 3.97. The van der Waals surface area contributed by atoms with E-state index in [9.17, 15) is 14.7 Å². The van der Waals surface area contributed by atoms with Crippen LogP contribution in [0.4, 0.5) is 0 Å². The van der Waals surface area contributed by atoms with Crippen molar-refractivity contribution in [3.05, 3.63) is 75.1 Å². The van der Waals surface area contributed by atoms with Crippen LogP contribution in [0.25, 0.3) is 11.0 Å². The fourth-order valence-corrected chi connectivity index (χ4v) is 3.97. The maximum Gasteiger partial charge on any atom is 0.340 e. The van der Waals surface area contributed by atoms with E-state index in [1.54, 1.807) is 18.2 Å². The van der Waals surface area contributed by atoms with Crippen LogP contribution in [0.3, 0.4) is 0 Å². The number of benzene rings is 2. The van der Waals surface area contributed by atoms with Crippen molar-refractivity contribution in [2.75, 3.05) is 6.54 Å². The summed E-state index contributed by atoms with van der Waals surface area (Å²) in [6.45, 7) is 5.98. The molecule has 0 spiro atoms. The maximum atomic E-state index is 12.6. The molecule has 6 nitrogen and oxygen atoms in total. The smallest absolute Gasteiger partial charge is 0.340 e. The second kappa shape index (κ2) is 8.19. The van der Waals surface area contributed by atoms with Gasteiger partial charge in [-0.3, -0.25) is 4.79 Å². The Morgan fingerprint density at radius 3 is 2.71 bits per heavy atom. The number of carbonyl (C=O) groups is 1. The molecule has 6 heteroatoms. The van der Waals surface area contributed by atoms with Gasteiger partial charge in [0, 0.05) is 18.0 Å². The highest BCUT2D eigenvalue weighted by Gasteiger charge is 2.28. The zero-order chi connectivity index (χ0) is 22.2. The van der Waals surface area contributed by atoms with Gasteiger partial charge in [-0.05, 0) is 56.4 Å². The summed E-state index contributed by atoms with van der Waals surface area (Å²) in [5.41, 5.74) is 2.54. The van der Waals surface area contributed by atoms with E-state index in [-0.39, 0.29) is 24.5 Å². The molecule has 1 aromatic heterocycles. The average Bonchev–Trinajstić information content (AvgIpc) is 2.74. The van der Waals surface area contributed by atoms with Crippen LogP contribution >= 0.6 is 0 Å². The summed E-state index contributed by atoms with van der Waals surface area (Å²) in [6.07, 6.45) is 0.867. The minimum absolute atomic E-state index is 0.0709. The molecule has 1 unspecified atom stereocenters. The van der Waals surface area contributed by atoms with E-state index < -0.39 is 11.7 Å². The number of rotatable bonds is 5. The standard InChI is InChI=1S/C25H27NO5/c1-15-18-11-17-9-10-25(2,3)31-21(17)13-22(18)30-24(29)19(15)12-23(28)26-14-20(27)16-7-5-4-6-8-16/h4-8,11,13,20,27H,9-10,12,14H2,1-3H3,(H,26,28). The van der Waals surface area contributed by atoms with Gasteiger partial charge in [-0.15, -0.1) is 0 Å². The number of hydrogen-bond acceptors (Lipinski definition) is 5. The van der Waals surface area contributed by atoms with Gasteiger partial charge in [0.15, 0.2) is 0 Å². The van der Waals surface area contributed by atoms with Crippen LogP contribution in [0.1, 0.15) is 48.6 Å². The number of ether oxygens (including phenoxy) is 1. The van der Waals surface area contributed by atoms with Gasteiger partial charge in [0.25, 0.3) is 0 Å². The Balaban J connectivity index is 1.54. The van der Waals surface area contributed by atoms with Crippen LogP contribution in [0, 0.1) is 6.92 Å². The first-order valence-corrected chi connectivity index (χ1v) is 10.5. The highest BCUT2D eigenvalue weighted by molar-refractivity contribution is 5.86. The highest BCUT2D eigenvalue weighted by atomic mass is 16.5. The Hall–Kier alpha value is -3.12. The summed E-state index contributed by atoms with van der Waals surface area (Å²) in [4.78, 5) is 25.1. The minimum Gasteiger partial charge on any atom is -0.487 e. The number of aliphatic hydroxyl groups excluding tert-OH is 1. The molecule has 0 radical (unpaired) electrons. The zero-order valence-corrected chi connectivity index (χ0v) is 18.0. The predicted octanol–water partition coefficient (Wildman–Crippen LogP) is 3.60. The fraction of sp³-hybridized carbons (Fsp3) is 0.360. The molecular weight excluding hydrogens is 394 g/mol. The third-order valence-corrected chi connectivity index (χ3v) is 5.87. The monoisotopic (exact) mass is 421 g/mol. The van der Waals surface area contributed by atoms with Crippen LogP contribution in [0.2, 0.25) is 0 Å². The van der Waals surface area contributed by atoms with E-state index in [0.717, 1.165) is 40.7 Å². The summed E-state index contributed by atoms with van der Waals surface area (Å²) in [5.74, 6) is 0.402. The lowest BCUT2D eigenvalue weighted by Crippen LogP contribution is -2.32. The van der Waals surface area contributed by atoms with Crippen molar-refractivity contribution in [1.29, 1.82) is 0 Å². The van der Waals surface area contributed by atoms with Crippen molar-refractivity contribution in [3.8, 4) is 5.75 Å². The van der Waals surface area contributed by atoms with E-state index in [2.05, 4.69) is 5.32 Å². The molecule has 4 rings (SSSR count). The van der Waals surface area contributed by atoms with E-state index in [0.29, 0.717) is 11.1 Å². The van der Waals surface area contributed by atoms with E-state index in [1.807, 2.05) is 45.0 Å². The molecule has 1 amide bonds. The van der Waals surface area contributed by atoms with Gasteiger partial charge in [0.1, 0.15) is 16.9 Å². The van der Waals surface area contributed by atoms with Crippen molar-refractivity contribution in [2.45, 2.75) is 51.7 Å². The molecule has 0 saturated heterocycles. The van der Waals surface area contributed by atoms with Crippen LogP contribution in [0.15, 0.2) is 51.7 Å². The van der Waals surface area contributed by atoms with Gasteiger partial charge < -0.3 is 19.6 Å². The van der Waals surface area contributed by atoms with Gasteiger partial charge in [-0.25, -0.2) is 4.79 Å². The molecular formula is C25H27NO5. The van der Waals surface area contributed by atoms with Gasteiger partial charge in [-0.2, -0.15) is 0 Å². The lowest BCUT2D eigenvalue weighted by molar-refractivity contribution is -0.120. The Labute approximate surface area is 180 Å². The molecule has 0 aliphatic carbocycles. The quantitative estimate of drug-likeness (QED) is 0.615. The molecule has 31 heavy (non-hydrogen) atoms. The Morgan fingerprint density at radius 2 is 1.97 bits per heavy atom. The summed E-state index contributed by atoms with van der Waals surface area (Å²) < 4.78 is 11.6. The summed E-state index contributed by atoms with van der Waals surface area (Å²) >= 11 is 0. The third kappa shape index (κ3) is 4.49. The lowest BCUT2D eigenvalue weighted by Gasteiger charge is -2.32. The Kier molecular flexibility index (Phi) is 5.58. The van der Waals surface area contributed by atoms with Crippen LogP contribution in [-0.2, 0) is 17.6 Å². The summed E-state index contributed by atoms with van der Waals surface area (Å²) in [7, 11) is 0. The van der Waals surface area contributed by atoms with Crippen molar-refractivity contribution in [2.24, 2.45) is 0 Å². The molecule has 2 heterocycles. The van der Waals surface area contributed by atoms with Gasteiger partial charge in [-0.1, -0.05) is 30.3 Å². The largest absolute Gasteiger partial charge is 0.487 e. The number of carbonyl (C=O) groups excluding carboxylic acids is 1. The van der Waals surface area contributed by atoms with Gasteiger partial charge >= 0.3 is 5.63 Å². The number of fused-ring (bicyclic) bond motifs is 2. The highest BCUT2D eigenvalue weighted by Crippen LogP contribution is 2.36. The van der Waals surface area contributed by atoms with Crippen LogP contribution in [-0.4, -0.2) is 23.2 Å². The Morgan fingerprint density at radius 1 is 1.23 bits per heavy atom. The first-order valence-electron chi connectivity index (χ1n) is 10.5. The van der Waals surface area contributed by atoms with E-state index in [4.69, 9.17) is 9.15 Å². The average molecular weight is 421 g/mol. The Bertz CT molecular complexity index is 1180. The molecule has 3 aromatic rings. The van der Waals surface area contributed by atoms with E-state index >= 15 is 0 Å². The molecule has 2 aromatic carbocycles. The van der Waals surface area contributed by atoms with Gasteiger partial charge in [0.2, 0.25) is 5.91 Å². The minimum atomic E-state index is -0.810. The first kappa shape index (κ1) is 21.1. The lowest BCUT2D eigenvalue weighted by atomic mass is 9.92. The van der Waals surface area contributed by atoms with Crippen LogP contribution in [0.5, 0.6) is 5.75 Å². The second-order valence-corrected chi connectivity index (χ2v) is 8.72. The molecule has 2 N–H and O–H groups in total. The third-order valence-electron chi connectivity index (χ3n) is 5.87. The summed E-state index contributed by atoms with van der Waals surface area (Å²) in [5, 5.41) is 13.7. The zero-order valence-electron chi connectivity index (χ0n) is 18.0. The van der Waals surface area contributed by atoms with Crippen molar-refractivity contribution >= 4 is 16.9 Å². The molecule has 1 aliphatic heterocycles. The molecule has 162 valence electrons.